The lowest BCUT2D eigenvalue weighted by Crippen LogP contribution is -2.45. The maximum Gasteiger partial charge on any atom is 0.254 e. The molecule has 0 bridgehead atoms. The van der Waals surface area contributed by atoms with Crippen molar-refractivity contribution in [3.8, 4) is 0 Å². The van der Waals surface area contributed by atoms with E-state index in [0.29, 0.717) is 29.4 Å². The lowest BCUT2D eigenvalue weighted by atomic mass is 10.0. The topological polar surface area (TPSA) is 116 Å². The molecule has 0 radical (unpaired) electrons. The van der Waals surface area contributed by atoms with Gasteiger partial charge >= 0.3 is 0 Å². The number of imidazole rings is 1. The fraction of sp³-hybridized carbons (Fsp3) is 0.304. The van der Waals surface area contributed by atoms with Crippen LogP contribution in [0.3, 0.4) is 0 Å². The van der Waals surface area contributed by atoms with Gasteiger partial charge in [0.2, 0.25) is 11.8 Å². The Morgan fingerprint density at radius 3 is 2.61 bits per heavy atom. The number of fused-ring (bicyclic) bond motifs is 2. The number of para-hydroxylation sites is 3. The number of hydrogen-bond donors (Lipinski definition) is 4. The second-order valence-corrected chi connectivity index (χ2v) is 8.15. The molecule has 0 saturated carbocycles. The molecule has 2 unspecified atom stereocenters. The summed E-state index contributed by atoms with van der Waals surface area (Å²) >= 11 is 0. The van der Waals surface area contributed by atoms with Gasteiger partial charge in [-0.1, -0.05) is 38.1 Å². The molecule has 4 rings (SSSR count). The molecule has 8 heteroatoms. The zero-order chi connectivity index (χ0) is 22.0. The predicted octanol–water partition coefficient (Wildman–Crippen LogP) is 2.91. The molecule has 3 amide bonds. The first-order valence-electron chi connectivity index (χ1n) is 10.4. The van der Waals surface area contributed by atoms with Gasteiger partial charge in [0.05, 0.1) is 34.7 Å². The van der Waals surface area contributed by atoms with Gasteiger partial charge in [-0.05, 0) is 36.6 Å². The number of aromatic nitrogens is 2. The Labute approximate surface area is 179 Å². The minimum Gasteiger partial charge on any atom is -0.346 e. The number of nitrogens with one attached hydrogen (secondary N) is 4. The van der Waals surface area contributed by atoms with E-state index >= 15 is 0 Å². The van der Waals surface area contributed by atoms with Gasteiger partial charge in [-0.25, -0.2) is 4.98 Å². The zero-order valence-electron chi connectivity index (χ0n) is 17.4. The number of carbonyl (C=O) groups excluding carboxylic acids is 3. The van der Waals surface area contributed by atoms with Gasteiger partial charge in [-0.15, -0.1) is 0 Å². The van der Waals surface area contributed by atoms with Gasteiger partial charge in [-0.2, -0.15) is 0 Å². The van der Waals surface area contributed by atoms with Crippen LogP contribution >= 0.6 is 0 Å². The van der Waals surface area contributed by atoms with Crippen molar-refractivity contribution in [1.29, 1.82) is 0 Å². The molecule has 0 aliphatic carbocycles. The summed E-state index contributed by atoms with van der Waals surface area (Å²) in [5.41, 5.74) is 2.54. The maximum absolute atomic E-state index is 12.8. The zero-order valence-corrected chi connectivity index (χ0v) is 17.4. The molecule has 8 nitrogen and oxygen atoms in total. The highest BCUT2D eigenvalue weighted by molar-refractivity contribution is 6.10. The summed E-state index contributed by atoms with van der Waals surface area (Å²) in [6.07, 6.45) is 0.514. The van der Waals surface area contributed by atoms with Crippen molar-refractivity contribution < 1.29 is 14.4 Å². The molecular formula is C23H25N5O3. The molecule has 1 aliphatic rings. The molecule has 3 aromatic rings. The van der Waals surface area contributed by atoms with Crippen LogP contribution in [0, 0.1) is 5.92 Å². The van der Waals surface area contributed by atoms with Crippen LogP contribution in [-0.4, -0.2) is 33.7 Å². The molecule has 2 heterocycles. The lowest BCUT2D eigenvalue weighted by Gasteiger charge is -2.20. The molecule has 4 N–H and O–H groups in total. The number of anilines is 1. The van der Waals surface area contributed by atoms with E-state index in [1.54, 1.807) is 24.3 Å². The number of aromatic amines is 1. The number of benzene rings is 2. The molecule has 2 aromatic carbocycles. The Bertz CT molecular complexity index is 1100. The minimum atomic E-state index is -0.963. The first-order chi connectivity index (χ1) is 14.9. The van der Waals surface area contributed by atoms with Crippen LogP contribution in [0.1, 0.15) is 48.9 Å². The fourth-order valence-corrected chi connectivity index (χ4v) is 3.74. The van der Waals surface area contributed by atoms with Crippen molar-refractivity contribution in [3.63, 3.8) is 0 Å². The van der Waals surface area contributed by atoms with Crippen LogP contribution in [0.25, 0.3) is 11.0 Å². The minimum absolute atomic E-state index is 0.166. The third-order valence-corrected chi connectivity index (χ3v) is 5.22. The van der Waals surface area contributed by atoms with Gasteiger partial charge < -0.3 is 20.9 Å². The van der Waals surface area contributed by atoms with E-state index in [-0.39, 0.29) is 24.3 Å². The van der Waals surface area contributed by atoms with E-state index in [1.165, 1.54) is 0 Å². The summed E-state index contributed by atoms with van der Waals surface area (Å²) in [6.45, 7) is 4.13. The number of carbonyl (C=O) groups is 3. The molecule has 0 saturated heterocycles. The largest absolute Gasteiger partial charge is 0.346 e. The first kappa shape index (κ1) is 20.6. The number of amides is 3. The fourth-order valence-electron chi connectivity index (χ4n) is 3.74. The summed E-state index contributed by atoms with van der Waals surface area (Å²) in [6, 6.07) is 13.1. The van der Waals surface area contributed by atoms with Crippen molar-refractivity contribution in [3.05, 3.63) is 59.9 Å². The van der Waals surface area contributed by atoms with Crippen LogP contribution in [0.4, 0.5) is 5.69 Å². The Hall–Kier alpha value is -3.68. The van der Waals surface area contributed by atoms with E-state index < -0.39 is 11.9 Å². The van der Waals surface area contributed by atoms with E-state index in [2.05, 4.69) is 39.8 Å². The number of hydrogen-bond acceptors (Lipinski definition) is 4. The molecule has 2 atom stereocenters. The third kappa shape index (κ3) is 4.58. The lowest BCUT2D eigenvalue weighted by molar-refractivity contribution is -0.126. The van der Waals surface area contributed by atoms with Crippen molar-refractivity contribution >= 4 is 34.4 Å². The van der Waals surface area contributed by atoms with Gasteiger partial charge in [0.25, 0.3) is 5.91 Å². The maximum atomic E-state index is 12.8. The third-order valence-electron chi connectivity index (χ3n) is 5.22. The molecule has 1 aliphatic heterocycles. The second-order valence-electron chi connectivity index (χ2n) is 8.15. The molecule has 31 heavy (non-hydrogen) atoms. The standard InChI is InChI=1S/C23H25N5O3/c1-13(2)11-18(21-25-16-9-5-6-10-17(16)26-21)24-20(29)12-19-23(31)27-15-8-4-3-7-14(15)22(30)28-19/h3-10,13,18-19H,11-12H2,1-2H3,(H,24,29)(H,25,26)(H,27,31)(H,28,30). The molecule has 0 fully saturated rings. The number of rotatable bonds is 6. The van der Waals surface area contributed by atoms with Crippen molar-refractivity contribution in [2.75, 3.05) is 5.32 Å². The molecule has 1 aromatic heterocycles. The van der Waals surface area contributed by atoms with Crippen LogP contribution in [-0.2, 0) is 9.59 Å². The van der Waals surface area contributed by atoms with Crippen molar-refractivity contribution in [2.45, 2.75) is 38.8 Å². The highest BCUT2D eigenvalue weighted by atomic mass is 16.2. The van der Waals surface area contributed by atoms with E-state index in [9.17, 15) is 14.4 Å². The van der Waals surface area contributed by atoms with Crippen LogP contribution in [0.15, 0.2) is 48.5 Å². The molecular weight excluding hydrogens is 394 g/mol. The summed E-state index contributed by atoms with van der Waals surface area (Å²) in [5.74, 6) is -0.156. The summed E-state index contributed by atoms with van der Waals surface area (Å²) in [7, 11) is 0. The highest BCUT2D eigenvalue weighted by Gasteiger charge is 2.30. The Morgan fingerprint density at radius 1 is 1.10 bits per heavy atom. The number of H-pyrrole nitrogens is 1. The smallest absolute Gasteiger partial charge is 0.254 e. The van der Waals surface area contributed by atoms with Crippen LogP contribution in [0.5, 0.6) is 0 Å². The Morgan fingerprint density at radius 2 is 1.84 bits per heavy atom. The van der Waals surface area contributed by atoms with Gasteiger partial charge in [-0.3, -0.25) is 14.4 Å². The average Bonchev–Trinajstić information content (AvgIpc) is 3.12. The average molecular weight is 419 g/mol. The Kier molecular flexibility index (Phi) is 5.70. The predicted molar refractivity (Wildman–Crippen MR) is 117 cm³/mol. The quantitative estimate of drug-likeness (QED) is 0.492. The summed E-state index contributed by atoms with van der Waals surface area (Å²) < 4.78 is 0. The Balaban J connectivity index is 1.49. The van der Waals surface area contributed by atoms with Gasteiger partial charge in [0.15, 0.2) is 0 Å². The van der Waals surface area contributed by atoms with Crippen LogP contribution in [0.2, 0.25) is 0 Å². The monoisotopic (exact) mass is 419 g/mol. The summed E-state index contributed by atoms with van der Waals surface area (Å²) in [5, 5.41) is 8.36. The SMILES string of the molecule is CC(C)CC(NC(=O)CC1NC(=O)c2ccccc2NC1=O)c1nc2ccccc2[nH]1. The normalized spacial score (nSPS) is 16.9. The van der Waals surface area contributed by atoms with E-state index in [1.807, 2.05) is 24.3 Å². The van der Waals surface area contributed by atoms with Crippen molar-refractivity contribution in [1.82, 2.24) is 20.6 Å². The van der Waals surface area contributed by atoms with Gasteiger partial charge in [0.1, 0.15) is 11.9 Å². The van der Waals surface area contributed by atoms with Gasteiger partial charge in [0, 0.05) is 0 Å². The number of nitrogens with zero attached hydrogens (tertiary/aromatic N) is 1. The molecule has 0 spiro atoms. The van der Waals surface area contributed by atoms with Crippen LogP contribution < -0.4 is 16.0 Å². The molecule has 160 valence electrons. The highest BCUT2D eigenvalue weighted by Crippen LogP contribution is 2.23. The van der Waals surface area contributed by atoms with E-state index in [4.69, 9.17) is 0 Å². The first-order valence-corrected chi connectivity index (χ1v) is 10.4. The summed E-state index contributed by atoms with van der Waals surface area (Å²) in [4.78, 5) is 45.8. The van der Waals surface area contributed by atoms with E-state index in [0.717, 1.165) is 11.0 Å². The van der Waals surface area contributed by atoms with Crippen molar-refractivity contribution in [2.24, 2.45) is 5.92 Å². The second kappa shape index (κ2) is 8.59.